The number of hydrogen-bond donors (Lipinski definition) is 2. The molecule has 1 aliphatic heterocycles. The van der Waals surface area contributed by atoms with Crippen LogP contribution in [-0.2, 0) is 32.2 Å². The monoisotopic (exact) mass is 515 g/mol. The summed E-state index contributed by atoms with van der Waals surface area (Å²) in [4.78, 5) is 24.1. The zero-order chi connectivity index (χ0) is 25.8. The van der Waals surface area contributed by atoms with E-state index in [2.05, 4.69) is 10.6 Å². The number of nitrogens with zero attached hydrogens (tertiary/aromatic N) is 1. The Hall–Kier alpha value is -2.99. The van der Waals surface area contributed by atoms with Crippen molar-refractivity contribution in [2.75, 3.05) is 13.1 Å². The Morgan fingerprint density at radius 1 is 1.09 bits per heavy atom. The van der Waals surface area contributed by atoms with E-state index in [1.807, 2.05) is 0 Å². The van der Waals surface area contributed by atoms with E-state index in [1.165, 1.54) is 25.1 Å². The van der Waals surface area contributed by atoms with Gasteiger partial charge in [-0.2, -0.15) is 17.5 Å². The molecule has 1 atom stereocenters. The summed E-state index contributed by atoms with van der Waals surface area (Å²) in [5.74, 6) is -1.38. The van der Waals surface area contributed by atoms with Gasteiger partial charge in [0.25, 0.3) is 0 Å². The Morgan fingerprint density at radius 2 is 1.71 bits per heavy atom. The third kappa shape index (κ3) is 7.01. The summed E-state index contributed by atoms with van der Waals surface area (Å²) in [7, 11) is -3.99. The van der Waals surface area contributed by atoms with Crippen LogP contribution >= 0.6 is 0 Å². The maximum absolute atomic E-state index is 13.5. The summed E-state index contributed by atoms with van der Waals surface area (Å²) in [5, 5.41) is 5.35. The second-order valence-corrected chi connectivity index (χ2v) is 10.2. The van der Waals surface area contributed by atoms with Gasteiger partial charge in [-0.05, 0) is 54.8 Å². The molecule has 1 heterocycles. The van der Waals surface area contributed by atoms with E-state index in [0.717, 1.165) is 28.6 Å². The number of sulfonamides is 1. The average Bonchev–Trinajstić information content (AvgIpc) is 2.78. The molecule has 0 bridgehead atoms. The van der Waals surface area contributed by atoms with Gasteiger partial charge in [-0.1, -0.05) is 12.1 Å². The molecule has 190 valence electrons. The Labute approximate surface area is 200 Å². The molecule has 12 heteroatoms. The van der Waals surface area contributed by atoms with Gasteiger partial charge in [0.05, 0.1) is 10.5 Å². The fourth-order valence-electron chi connectivity index (χ4n) is 3.86. The van der Waals surface area contributed by atoms with Crippen molar-refractivity contribution in [2.24, 2.45) is 0 Å². The highest BCUT2D eigenvalue weighted by Crippen LogP contribution is 2.30. The number of carbonyl (C=O) groups is 2. The molecule has 0 radical (unpaired) electrons. The fraction of sp³-hybridized carbons (Fsp3) is 0.391. The van der Waals surface area contributed by atoms with Crippen LogP contribution in [0.3, 0.4) is 0 Å². The van der Waals surface area contributed by atoms with Crippen molar-refractivity contribution in [2.45, 2.75) is 49.3 Å². The minimum absolute atomic E-state index is 0.0585. The van der Waals surface area contributed by atoms with Crippen LogP contribution < -0.4 is 10.6 Å². The summed E-state index contributed by atoms with van der Waals surface area (Å²) in [6, 6.07) is 7.66. The standard InChI is InChI=1S/C23H25F4N3O4S/c1-15(31)28-21(14-16-3-2-4-18(24)13-16)22(32)29-19-9-11-30(12-10-19)35(33,34)20-7-5-17(6-8-20)23(25,26)27/h2-8,13,19,21H,9-12,14H2,1H3,(H,28,31)(H,29,32)/t21-/m0/s1. The van der Waals surface area contributed by atoms with Crippen molar-refractivity contribution in [1.29, 1.82) is 0 Å². The zero-order valence-corrected chi connectivity index (χ0v) is 19.6. The van der Waals surface area contributed by atoms with Crippen molar-refractivity contribution in [1.82, 2.24) is 14.9 Å². The van der Waals surface area contributed by atoms with Crippen LogP contribution in [0.15, 0.2) is 53.4 Å². The molecule has 35 heavy (non-hydrogen) atoms. The molecule has 0 saturated carbocycles. The van der Waals surface area contributed by atoms with E-state index in [0.29, 0.717) is 5.56 Å². The van der Waals surface area contributed by atoms with Crippen molar-refractivity contribution in [3.05, 3.63) is 65.5 Å². The molecule has 2 N–H and O–H groups in total. The third-order valence-corrected chi connectivity index (χ3v) is 7.56. The van der Waals surface area contributed by atoms with Gasteiger partial charge in [0.2, 0.25) is 21.8 Å². The molecule has 0 spiro atoms. The van der Waals surface area contributed by atoms with Crippen LogP contribution in [0.5, 0.6) is 0 Å². The summed E-state index contributed by atoms with van der Waals surface area (Å²) in [5.41, 5.74) is -0.416. The lowest BCUT2D eigenvalue weighted by atomic mass is 10.0. The number of rotatable bonds is 7. The van der Waals surface area contributed by atoms with Crippen LogP contribution in [0.2, 0.25) is 0 Å². The van der Waals surface area contributed by atoms with Gasteiger partial charge < -0.3 is 10.6 Å². The van der Waals surface area contributed by atoms with E-state index in [-0.39, 0.29) is 43.3 Å². The van der Waals surface area contributed by atoms with Gasteiger partial charge in [0.1, 0.15) is 11.9 Å². The number of alkyl halides is 3. The Bertz CT molecular complexity index is 1160. The number of amides is 2. The van der Waals surface area contributed by atoms with Gasteiger partial charge in [-0.3, -0.25) is 9.59 Å². The van der Waals surface area contributed by atoms with Gasteiger partial charge in [-0.25, -0.2) is 12.8 Å². The molecule has 3 rings (SSSR count). The first-order valence-electron chi connectivity index (χ1n) is 10.9. The van der Waals surface area contributed by atoms with E-state index in [9.17, 15) is 35.6 Å². The lowest BCUT2D eigenvalue weighted by molar-refractivity contribution is -0.137. The Morgan fingerprint density at radius 3 is 2.26 bits per heavy atom. The molecule has 2 aromatic rings. The van der Waals surface area contributed by atoms with E-state index < -0.39 is 45.4 Å². The van der Waals surface area contributed by atoms with Crippen LogP contribution in [0.1, 0.15) is 30.9 Å². The third-order valence-electron chi connectivity index (χ3n) is 5.64. The molecule has 0 aromatic heterocycles. The second-order valence-electron chi connectivity index (χ2n) is 8.30. The van der Waals surface area contributed by atoms with Gasteiger partial charge in [0.15, 0.2) is 0 Å². The van der Waals surface area contributed by atoms with Gasteiger partial charge >= 0.3 is 6.18 Å². The molecule has 7 nitrogen and oxygen atoms in total. The predicted octanol–water partition coefficient (Wildman–Crippen LogP) is 2.86. The highest BCUT2D eigenvalue weighted by molar-refractivity contribution is 7.89. The maximum atomic E-state index is 13.5. The first kappa shape index (κ1) is 26.6. The first-order valence-corrected chi connectivity index (χ1v) is 12.3. The van der Waals surface area contributed by atoms with Crippen LogP contribution in [0, 0.1) is 5.82 Å². The quantitative estimate of drug-likeness (QED) is 0.555. The lowest BCUT2D eigenvalue weighted by Crippen LogP contribution is -2.53. The van der Waals surface area contributed by atoms with Gasteiger partial charge in [-0.15, -0.1) is 0 Å². The summed E-state index contributed by atoms with van der Waals surface area (Å²) < 4.78 is 78.5. The van der Waals surface area contributed by atoms with Crippen molar-refractivity contribution < 1.29 is 35.6 Å². The van der Waals surface area contributed by atoms with Crippen LogP contribution in [-0.4, -0.2) is 49.7 Å². The van der Waals surface area contributed by atoms with Crippen molar-refractivity contribution >= 4 is 21.8 Å². The SMILES string of the molecule is CC(=O)N[C@@H](Cc1cccc(F)c1)C(=O)NC1CCN(S(=O)(=O)c2ccc(C(F)(F)F)cc2)CC1. The molecule has 2 aromatic carbocycles. The van der Waals surface area contributed by atoms with Gasteiger partial charge in [0, 0.05) is 32.5 Å². The zero-order valence-electron chi connectivity index (χ0n) is 18.8. The van der Waals surface area contributed by atoms with Crippen molar-refractivity contribution in [3.8, 4) is 0 Å². The van der Waals surface area contributed by atoms with Crippen molar-refractivity contribution in [3.63, 3.8) is 0 Å². The molecule has 1 saturated heterocycles. The number of nitrogens with one attached hydrogen (secondary N) is 2. The van der Waals surface area contributed by atoms with Crippen LogP contribution in [0.25, 0.3) is 0 Å². The summed E-state index contributed by atoms with van der Waals surface area (Å²) in [6.45, 7) is 1.38. The second kappa shape index (κ2) is 10.7. The lowest BCUT2D eigenvalue weighted by Gasteiger charge is -2.32. The predicted molar refractivity (Wildman–Crippen MR) is 119 cm³/mol. The van der Waals surface area contributed by atoms with Crippen LogP contribution in [0.4, 0.5) is 17.6 Å². The Balaban J connectivity index is 1.60. The highest BCUT2D eigenvalue weighted by atomic mass is 32.2. The summed E-state index contributed by atoms with van der Waals surface area (Å²) >= 11 is 0. The van der Waals surface area contributed by atoms with E-state index in [4.69, 9.17) is 0 Å². The normalized spacial score (nSPS) is 16.5. The number of piperidine rings is 1. The topological polar surface area (TPSA) is 95.6 Å². The number of carbonyl (C=O) groups excluding carboxylic acids is 2. The van der Waals surface area contributed by atoms with E-state index >= 15 is 0 Å². The molecule has 1 fully saturated rings. The first-order chi connectivity index (χ1) is 16.4. The summed E-state index contributed by atoms with van der Waals surface area (Å²) in [6.07, 6.45) is -3.94. The molecule has 0 unspecified atom stereocenters. The minimum atomic E-state index is -4.57. The smallest absolute Gasteiger partial charge is 0.351 e. The molecule has 0 aliphatic carbocycles. The minimum Gasteiger partial charge on any atom is -0.351 e. The number of hydrogen-bond acceptors (Lipinski definition) is 4. The number of benzene rings is 2. The maximum Gasteiger partial charge on any atom is 0.416 e. The average molecular weight is 516 g/mol. The largest absolute Gasteiger partial charge is 0.416 e. The Kier molecular flexibility index (Phi) is 8.16. The fourth-order valence-corrected chi connectivity index (χ4v) is 5.33. The molecular weight excluding hydrogens is 490 g/mol. The highest BCUT2D eigenvalue weighted by Gasteiger charge is 2.33. The molecule has 1 aliphatic rings. The van der Waals surface area contributed by atoms with E-state index in [1.54, 1.807) is 6.07 Å². The molecule has 2 amide bonds. The number of halogens is 4. The molecular formula is C23H25F4N3O4S.